The molecule has 0 aliphatic carbocycles. The van der Waals surface area contributed by atoms with Gasteiger partial charge in [0.05, 0.1) is 25.2 Å². The minimum atomic E-state index is -1.19. The Bertz CT molecular complexity index is 796. The average Bonchev–Trinajstić information content (AvgIpc) is 3.22. The number of anilines is 1. The molecule has 0 saturated carbocycles. The summed E-state index contributed by atoms with van der Waals surface area (Å²) in [6.07, 6.45) is 2.66. The first-order valence-corrected chi connectivity index (χ1v) is 7.50. The van der Waals surface area contributed by atoms with Gasteiger partial charge < -0.3 is 14.6 Å². The molecule has 3 aliphatic rings. The molecule has 0 aromatic heterocycles. The Morgan fingerprint density at radius 2 is 2.12 bits per heavy atom. The van der Waals surface area contributed by atoms with Crippen LogP contribution in [0.3, 0.4) is 0 Å². The molecule has 1 amide bonds. The molecule has 4 rings (SSSR count). The molecule has 7 heteroatoms. The number of nitriles is 1. The van der Waals surface area contributed by atoms with Gasteiger partial charge in [0.2, 0.25) is 5.91 Å². The van der Waals surface area contributed by atoms with Crippen LogP contribution in [-0.2, 0) is 14.3 Å². The number of hydrogen-bond donors (Lipinski definition) is 1. The molecule has 3 heterocycles. The van der Waals surface area contributed by atoms with E-state index in [0.717, 1.165) is 0 Å². The number of benzene rings is 1. The fourth-order valence-electron chi connectivity index (χ4n) is 4.01. The Kier molecular flexibility index (Phi) is 2.96. The maximum absolute atomic E-state index is 13.0. The van der Waals surface area contributed by atoms with Crippen molar-refractivity contribution in [1.82, 2.24) is 0 Å². The van der Waals surface area contributed by atoms with E-state index in [2.05, 4.69) is 6.07 Å². The highest BCUT2D eigenvalue weighted by Crippen LogP contribution is 2.55. The molecular weight excluding hydrogens is 312 g/mol. The Morgan fingerprint density at radius 1 is 1.42 bits per heavy atom. The number of amides is 1. The smallest absolute Gasteiger partial charge is 0.310 e. The number of rotatable bonds is 3. The lowest BCUT2D eigenvalue weighted by Crippen LogP contribution is -2.44. The van der Waals surface area contributed by atoms with Crippen molar-refractivity contribution < 1.29 is 24.2 Å². The first kappa shape index (κ1) is 14.7. The lowest BCUT2D eigenvalue weighted by atomic mass is 9.75. The summed E-state index contributed by atoms with van der Waals surface area (Å²) < 4.78 is 10.9. The van der Waals surface area contributed by atoms with Crippen LogP contribution in [0, 0.1) is 23.2 Å². The van der Waals surface area contributed by atoms with E-state index in [1.165, 1.54) is 12.0 Å². The summed E-state index contributed by atoms with van der Waals surface area (Å²) in [5.41, 5.74) is -0.680. The van der Waals surface area contributed by atoms with Gasteiger partial charge in [0.1, 0.15) is 17.3 Å². The number of carboxylic acids is 1. The standard InChI is InChI=1S/C17H14N2O5/c1-23-10-4-2-9(3-5-10)19-12(8-18)17-7-6-11(24-17)13(16(21)22)14(17)15(19)20/h2-7,11-14H,1H3,(H,21,22)/t11-,12?,13-,14+,17-/m0/s1. The van der Waals surface area contributed by atoms with Crippen LogP contribution in [-0.4, -0.2) is 41.8 Å². The van der Waals surface area contributed by atoms with Gasteiger partial charge in [-0.25, -0.2) is 0 Å². The zero-order chi connectivity index (χ0) is 17.1. The molecule has 7 nitrogen and oxygen atoms in total. The van der Waals surface area contributed by atoms with Crippen LogP contribution in [0.4, 0.5) is 5.69 Å². The third kappa shape index (κ3) is 1.63. The van der Waals surface area contributed by atoms with E-state index in [9.17, 15) is 20.0 Å². The molecule has 2 saturated heterocycles. The Morgan fingerprint density at radius 3 is 2.71 bits per heavy atom. The molecule has 2 fully saturated rings. The highest BCUT2D eigenvalue weighted by Gasteiger charge is 2.72. The predicted molar refractivity (Wildman–Crippen MR) is 81.2 cm³/mol. The first-order chi connectivity index (χ1) is 11.5. The fraction of sp³-hybridized carbons (Fsp3) is 0.353. The number of carbonyl (C=O) groups is 2. The number of aliphatic carboxylic acids is 1. The Balaban J connectivity index is 1.80. The maximum atomic E-state index is 13.0. The van der Waals surface area contributed by atoms with E-state index in [1.807, 2.05) is 0 Å². The van der Waals surface area contributed by atoms with Gasteiger partial charge in [0.15, 0.2) is 6.04 Å². The normalized spacial score (nSPS) is 35.8. The van der Waals surface area contributed by atoms with Crippen LogP contribution in [0.2, 0.25) is 0 Å². The van der Waals surface area contributed by atoms with Crippen LogP contribution in [0.1, 0.15) is 0 Å². The summed E-state index contributed by atoms with van der Waals surface area (Å²) in [6.45, 7) is 0. The fourth-order valence-corrected chi connectivity index (χ4v) is 4.01. The molecule has 1 aromatic carbocycles. The predicted octanol–water partition coefficient (Wildman–Crippen LogP) is 0.958. The zero-order valence-corrected chi connectivity index (χ0v) is 12.7. The van der Waals surface area contributed by atoms with Crippen LogP contribution in [0.5, 0.6) is 5.75 Å². The lowest BCUT2D eigenvalue weighted by molar-refractivity contribution is -0.146. The molecule has 1 unspecified atom stereocenters. The van der Waals surface area contributed by atoms with Gasteiger partial charge in [0, 0.05) is 5.69 Å². The van der Waals surface area contributed by atoms with Crippen LogP contribution in [0.15, 0.2) is 36.4 Å². The topological polar surface area (TPSA) is 99.9 Å². The third-order valence-electron chi connectivity index (χ3n) is 5.03. The molecule has 24 heavy (non-hydrogen) atoms. The van der Waals surface area contributed by atoms with Gasteiger partial charge in [0.25, 0.3) is 0 Å². The lowest BCUT2D eigenvalue weighted by Gasteiger charge is -2.27. The minimum absolute atomic E-state index is 0.397. The van der Waals surface area contributed by atoms with Gasteiger partial charge in [-0.15, -0.1) is 0 Å². The average molecular weight is 326 g/mol. The molecular formula is C17H14N2O5. The van der Waals surface area contributed by atoms with Crippen molar-refractivity contribution in [2.75, 3.05) is 12.0 Å². The van der Waals surface area contributed by atoms with E-state index in [-0.39, 0.29) is 0 Å². The first-order valence-electron chi connectivity index (χ1n) is 7.50. The number of methoxy groups -OCH3 is 1. The summed E-state index contributed by atoms with van der Waals surface area (Å²) in [7, 11) is 1.53. The molecule has 0 radical (unpaired) electrons. The van der Waals surface area contributed by atoms with Gasteiger partial charge in [-0.05, 0) is 24.3 Å². The minimum Gasteiger partial charge on any atom is -0.497 e. The number of fused-ring (bicyclic) bond motifs is 1. The van der Waals surface area contributed by atoms with Gasteiger partial charge >= 0.3 is 5.97 Å². The van der Waals surface area contributed by atoms with E-state index >= 15 is 0 Å². The van der Waals surface area contributed by atoms with Crippen LogP contribution in [0.25, 0.3) is 0 Å². The van der Waals surface area contributed by atoms with Crippen molar-refractivity contribution >= 4 is 17.6 Å². The van der Waals surface area contributed by atoms with Crippen molar-refractivity contribution in [3.8, 4) is 11.8 Å². The summed E-state index contributed by atoms with van der Waals surface area (Å²) in [5, 5.41) is 19.2. The number of carboxylic acid groups (broad SMARTS) is 1. The largest absolute Gasteiger partial charge is 0.497 e. The second-order valence-electron chi connectivity index (χ2n) is 6.07. The summed E-state index contributed by atoms with van der Waals surface area (Å²) in [4.78, 5) is 25.9. The van der Waals surface area contributed by atoms with Crippen molar-refractivity contribution in [3.63, 3.8) is 0 Å². The van der Waals surface area contributed by atoms with E-state index in [4.69, 9.17) is 9.47 Å². The van der Waals surface area contributed by atoms with Gasteiger partial charge in [-0.2, -0.15) is 5.26 Å². The second kappa shape index (κ2) is 4.82. The van der Waals surface area contributed by atoms with E-state index in [0.29, 0.717) is 11.4 Å². The van der Waals surface area contributed by atoms with Crippen molar-refractivity contribution in [2.45, 2.75) is 17.7 Å². The third-order valence-corrected chi connectivity index (χ3v) is 5.03. The summed E-state index contributed by atoms with van der Waals surface area (Å²) in [5.74, 6) is -2.72. The van der Waals surface area contributed by atoms with Gasteiger partial charge in [-0.3, -0.25) is 14.5 Å². The number of carbonyl (C=O) groups excluding carboxylic acids is 1. The Labute approximate surface area is 137 Å². The number of hydrogen-bond acceptors (Lipinski definition) is 5. The van der Waals surface area contributed by atoms with Crippen LogP contribution < -0.4 is 9.64 Å². The quantitative estimate of drug-likeness (QED) is 0.831. The molecule has 1 N–H and O–H groups in total. The second-order valence-corrected chi connectivity index (χ2v) is 6.07. The molecule has 2 bridgehead atoms. The SMILES string of the molecule is COc1ccc(N2C(=O)[C@H]3[C@@H](C(=O)O)[C@@H]4C=C[C@]3(O4)C2C#N)cc1. The zero-order valence-electron chi connectivity index (χ0n) is 12.7. The molecule has 3 aliphatic heterocycles. The van der Waals surface area contributed by atoms with Gasteiger partial charge in [-0.1, -0.05) is 12.2 Å². The number of nitrogens with zero attached hydrogens (tertiary/aromatic N) is 2. The molecule has 1 spiro atoms. The van der Waals surface area contributed by atoms with Crippen molar-refractivity contribution in [2.24, 2.45) is 11.8 Å². The molecule has 122 valence electrons. The van der Waals surface area contributed by atoms with Crippen LogP contribution >= 0.6 is 0 Å². The highest BCUT2D eigenvalue weighted by molar-refractivity contribution is 6.04. The summed E-state index contributed by atoms with van der Waals surface area (Å²) >= 11 is 0. The number of ether oxygens (including phenoxy) is 2. The summed E-state index contributed by atoms with van der Waals surface area (Å²) in [6, 6.07) is 7.93. The molecule has 5 atom stereocenters. The monoisotopic (exact) mass is 326 g/mol. The highest BCUT2D eigenvalue weighted by atomic mass is 16.5. The van der Waals surface area contributed by atoms with E-state index in [1.54, 1.807) is 36.4 Å². The van der Waals surface area contributed by atoms with Crippen molar-refractivity contribution in [3.05, 3.63) is 36.4 Å². The van der Waals surface area contributed by atoms with E-state index < -0.39 is 41.5 Å². The Hall–Kier alpha value is -2.85. The maximum Gasteiger partial charge on any atom is 0.310 e. The van der Waals surface area contributed by atoms with Crippen molar-refractivity contribution in [1.29, 1.82) is 5.26 Å². The molecule has 1 aromatic rings.